The molecule has 0 amide bonds. The van der Waals surface area contributed by atoms with E-state index in [0.717, 1.165) is 0 Å². The van der Waals surface area contributed by atoms with Crippen molar-refractivity contribution in [3.8, 4) is 6.07 Å². The van der Waals surface area contributed by atoms with Crippen LogP contribution in [0, 0.1) is 11.3 Å². The van der Waals surface area contributed by atoms with E-state index >= 15 is 0 Å². The van der Waals surface area contributed by atoms with Gasteiger partial charge in [-0.15, -0.1) is 6.58 Å². The SMILES string of the molecule is C=C[C@H]1CC(C#N)OC(C)(C)O1. The zero-order valence-corrected chi connectivity index (χ0v) is 7.41. The second-order valence-electron chi connectivity index (χ2n) is 3.26. The number of hydrogen-bond acceptors (Lipinski definition) is 3. The lowest BCUT2D eigenvalue weighted by Crippen LogP contribution is -2.43. The highest BCUT2D eigenvalue weighted by Gasteiger charge is 2.33. The van der Waals surface area contributed by atoms with Crippen LogP contribution in [-0.2, 0) is 9.47 Å². The maximum atomic E-state index is 8.67. The van der Waals surface area contributed by atoms with Gasteiger partial charge < -0.3 is 9.47 Å². The number of nitrogens with zero attached hydrogens (tertiary/aromatic N) is 1. The third-order valence-electron chi connectivity index (χ3n) is 1.71. The van der Waals surface area contributed by atoms with Crippen molar-refractivity contribution in [3.05, 3.63) is 12.7 Å². The molecule has 1 aliphatic heterocycles. The summed E-state index contributed by atoms with van der Waals surface area (Å²) in [5, 5.41) is 8.67. The molecule has 0 spiro atoms. The van der Waals surface area contributed by atoms with Gasteiger partial charge in [0.1, 0.15) is 6.10 Å². The third kappa shape index (κ3) is 2.07. The predicted octanol–water partition coefficient (Wildman–Crippen LogP) is 1.61. The second-order valence-corrected chi connectivity index (χ2v) is 3.26. The summed E-state index contributed by atoms with van der Waals surface area (Å²) in [6, 6.07) is 2.07. The Hall–Kier alpha value is -0.850. The first kappa shape index (κ1) is 9.24. The van der Waals surface area contributed by atoms with Crippen molar-refractivity contribution in [3.63, 3.8) is 0 Å². The minimum Gasteiger partial charge on any atom is -0.343 e. The van der Waals surface area contributed by atoms with Crippen LogP contribution in [0.2, 0.25) is 0 Å². The Balaban J connectivity index is 2.66. The smallest absolute Gasteiger partial charge is 0.165 e. The summed E-state index contributed by atoms with van der Waals surface area (Å²) in [6.07, 6.45) is 1.83. The fraction of sp³-hybridized carbons (Fsp3) is 0.667. The number of hydrogen-bond donors (Lipinski definition) is 0. The summed E-state index contributed by atoms with van der Waals surface area (Å²) < 4.78 is 10.8. The van der Waals surface area contributed by atoms with E-state index in [2.05, 4.69) is 12.6 Å². The summed E-state index contributed by atoms with van der Waals surface area (Å²) in [5.74, 6) is -0.669. The summed E-state index contributed by atoms with van der Waals surface area (Å²) >= 11 is 0. The normalized spacial score (nSPS) is 33.8. The van der Waals surface area contributed by atoms with E-state index in [4.69, 9.17) is 14.7 Å². The van der Waals surface area contributed by atoms with Crippen molar-refractivity contribution >= 4 is 0 Å². The Kier molecular flexibility index (Phi) is 2.51. The van der Waals surface area contributed by atoms with Crippen LogP contribution in [0.15, 0.2) is 12.7 Å². The van der Waals surface area contributed by atoms with E-state index < -0.39 is 5.79 Å². The maximum Gasteiger partial charge on any atom is 0.165 e. The summed E-state index contributed by atoms with van der Waals surface area (Å²) in [7, 11) is 0. The van der Waals surface area contributed by atoms with Crippen LogP contribution in [0.5, 0.6) is 0 Å². The lowest BCUT2D eigenvalue weighted by molar-refractivity contribution is -0.278. The molecular weight excluding hydrogens is 154 g/mol. The average Bonchev–Trinajstić information content (AvgIpc) is 2.01. The molecule has 0 N–H and O–H groups in total. The molecule has 0 radical (unpaired) electrons. The van der Waals surface area contributed by atoms with Crippen LogP contribution >= 0.6 is 0 Å². The highest BCUT2D eigenvalue weighted by atomic mass is 16.7. The molecule has 0 saturated carbocycles. The average molecular weight is 167 g/mol. The van der Waals surface area contributed by atoms with Gasteiger partial charge in [0.25, 0.3) is 0 Å². The minimum absolute atomic E-state index is 0.0709. The molecule has 1 fully saturated rings. The molecule has 3 heteroatoms. The van der Waals surface area contributed by atoms with Crippen LogP contribution in [0.25, 0.3) is 0 Å². The first-order valence-corrected chi connectivity index (χ1v) is 3.95. The van der Waals surface area contributed by atoms with E-state index in [1.807, 2.05) is 0 Å². The molecule has 2 atom stereocenters. The van der Waals surface area contributed by atoms with Crippen molar-refractivity contribution < 1.29 is 9.47 Å². The van der Waals surface area contributed by atoms with Crippen molar-refractivity contribution in [1.82, 2.24) is 0 Å². The topological polar surface area (TPSA) is 42.2 Å². The molecule has 1 saturated heterocycles. The molecule has 0 aliphatic carbocycles. The highest BCUT2D eigenvalue weighted by Crippen LogP contribution is 2.26. The highest BCUT2D eigenvalue weighted by molar-refractivity contribution is 4.95. The number of nitriles is 1. The first-order valence-electron chi connectivity index (χ1n) is 3.95. The molecule has 0 aromatic carbocycles. The van der Waals surface area contributed by atoms with Gasteiger partial charge in [-0.05, 0) is 13.8 Å². The maximum absolute atomic E-state index is 8.67. The first-order chi connectivity index (χ1) is 5.57. The molecule has 0 bridgehead atoms. The van der Waals surface area contributed by atoms with Crippen LogP contribution < -0.4 is 0 Å². The molecule has 1 heterocycles. The van der Waals surface area contributed by atoms with Crippen molar-refractivity contribution in [1.29, 1.82) is 5.26 Å². The Morgan fingerprint density at radius 2 is 2.25 bits per heavy atom. The van der Waals surface area contributed by atoms with Crippen LogP contribution in [-0.4, -0.2) is 18.0 Å². The molecule has 0 aromatic heterocycles. The second kappa shape index (κ2) is 3.26. The van der Waals surface area contributed by atoms with Gasteiger partial charge in [-0.1, -0.05) is 6.08 Å². The van der Waals surface area contributed by atoms with Gasteiger partial charge in [-0.2, -0.15) is 5.26 Å². The van der Waals surface area contributed by atoms with Gasteiger partial charge in [0.15, 0.2) is 5.79 Å². The molecule has 1 rings (SSSR count). The standard InChI is InChI=1S/C9H13NO2/c1-4-7-5-8(6-10)12-9(2,3)11-7/h4,7-8H,1,5H2,2-3H3/t7-,8?/m0/s1. The molecule has 1 aliphatic rings. The molecule has 0 aromatic rings. The van der Waals surface area contributed by atoms with E-state index in [0.29, 0.717) is 6.42 Å². The zero-order chi connectivity index (χ0) is 9.19. The fourth-order valence-corrected chi connectivity index (χ4v) is 1.27. The Labute approximate surface area is 72.6 Å². The van der Waals surface area contributed by atoms with Gasteiger partial charge in [-0.25, -0.2) is 0 Å². The van der Waals surface area contributed by atoms with Crippen LogP contribution in [0.3, 0.4) is 0 Å². The van der Waals surface area contributed by atoms with Crippen molar-refractivity contribution in [2.24, 2.45) is 0 Å². The molecule has 1 unspecified atom stereocenters. The van der Waals surface area contributed by atoms with E-state index in [9.17, 15) is 0 Å². The van der Waals surface area contributed by atoms with Crippen molar-refractivity contribution in [2.45, 2.75) is 38.3 Å². The largest absolute Gasteiger partial charge is 0.343 e. The third-order valence-corrected chi connectivity index (χ3v) is 1.71. The van der Waals surface area contributed by atoms with Crippen LogP contribution in [0.1, 0.15) is 20.3 Å². The van der Waals surface area contributed by atoms with Gasteiger partial charge in [0, 0.05) is 6.42 Å². The monoisotopic (exact) mass is 167 g/mol. The number of ether oxygens (including phenoxy) is 2. The molecule has 12 heavy (non-hydrogen) atoms. The van der Waals surface area contributed by atoms with E-state index in [1.165, 1.54) is 0 Å². The van der Waals surface area contributed by atoms with Gasteiger partial charge >= 0.3 is 0 Å². The molecule has 3 nitrogen and oxygen atoms in total. The van der Waals surface area contributed by atoms with Crippen molar-refractivity contribution in [2.75, 3.05) is 0 Å². The van der Waals surface area contributed by atoms with E-state index in [-0.39, 0.29) is 12.2 Å². The summed E-state index contributed by atoms with van der Waals surface area (Å²) in [4.78, 5) is 0. The van der Waals surface area contributed by atoms with Gasteiger partial charge in [0.2, 0.25) is 0 Å². The van der Waals surface area contributed by atoms with E-state index in [1.54, 1.807) is 19.9 Å². The number of rotatable bonds is 1. The zero-order valence-electron chi connectivity index (χ0n) is 7.41. The molecule has 66 valence electrons. The lowest BCUT2D eigenvalue weighted by Gasteiger charge is -2.37. The predicted molar refractivity (Wildman–Crippen MR) is 44.3 cm³/mol. The summed E-state index contributed by atoms with van der Waals surface area (Å²) in [5.41, 5.74) is 0. The quantitative estimate of drug-likeness (QED) is 0.557. The Morgan fingerprint density at radius 3 is 2.75 bits per heavy atom. The summed E-state index contributed by atoms with van der Waals surface area (Å²) in [6.45, 7) is 7.23. The van der Waals surface area contributed by atoms with Crippen LogP contribution in [0.4, 0.5) is 0 Å². The Bertz CT molecular complexity index is 217. The minimum atomic E-state index is -0.669. The van der Waals surface area contributed by atoms with Gasteiger partial charge in [0.05, 0.1) is 12.2 Å². The van der Waals surface area contributed by atoms with Gasteiger partial charge in [-0.3, -0.25) is 0 Å². The molecular formula is C9H13NO2. The fourth-order valence-electron chi connectivity index (χ4n) is 1.27. The Morgan fingerprint density at radius 1 is 1.58 bits per heavy atom. The lowest BCUT2D eigenvalue weighted by atomic mass is 10.1.